The summed E-state index contributed by atoms with van der Waals surface area (Å²) in [6.07, 6.45) is 3.96. The number of aromatic nitrogens is 1. The van der Waals surface area contributed by atoms with Gasteiger partial charge in [-0.25, -0.2) is 4.98 Å². The Labute approximate surface area is 166 Å². The minimum Gasteiger partial charge on any atom is -0.297 e. The third-order valence-electron chi connectivity index (χ3n) is 3.86. The minimum absolute atomic E-state index is 0.0308. The predicted octanol–water partition coefficient (Wildman–Crippen LogP) is 5.24. The summed E-state index contributed by atoms with van der Waals surface area (Å²) >= 11 is 7.54. The Morgan fingerprint density at radius 2 is 2.07 bits per heavy atom. The van der Waals surface area contributed by atoms with Gasteiger partial charge in [0.25, 0.3) is 5.91 Å². The van der Waals surface area contributed by atoms with Gasteiger partial charge in [0.05, 0.1) is 0 Å². The Kier molecular flexibility index (Phi) is 6.02. The molecule has 134 valence electrons. The van der Waals surface area contributed by atoms with Crippen LogP contribution in [-0.2, 0) is 11.2 Å². The van der Waals surface area contributed by atoms with Crippen molar-refractivity contribution >= 4 is 40.1 Å². The first-order valence-electron chi connectivity index (χ1n) is 8.23. The van der Waals surface area contributed by atoms with Crippen molar-refractivity contribution < 1.29 is 4.79 Å². The van der Waals surface area contributed by atoms with E-state index in [0.717, 1.165) is 26.6 Å². The van der Waals surface area contributed by atoms with Gasteiger partial charge in [0, 0.05) is 22.5 Å². The standard InChI is InChI=1S/C21H16ClN3OS/c1-14-7-8-16(11-19(14)22)10-18-13-24-21(27-18)25-20(26)17(12-23)9-15-5-3-2-4-6-15/h2-9,11,13H,10H2,1H3,(H,24,25,26)/b17-9+. The molecule has 3 rings (SSSR count). The van der Waals surface area contributed by atoms with E-state index in [9.17, 15) is 10.1 Å². The van der Waals surface area contributed by atoms with Gasteiger partial charge in [-0.15, -0.1) is 11.3 Å². The molecule has 0 aliphatic carbocycles. The number of carbonyl (C=O) groups is 1. The quantitative estimate of drug-likeness (QED) is 0.476. The number of nitrogens with one attached hydrogen (secondary N) is 1. The number of hydrogen-bond donors (Lipinski definition) is 1. The summed E-state index contributed by atoms with van der Waals surface area (Å²) < 4.78 is 0. The van der Waals surface area contributed by atoms with Crippen molar-refractivity contribution in [2.24, 2.45) is 0 Å². The number of nitrogens with zero attached hydrogens (tertiary/aromatic N) is 2. The molecule has 6 heteroatoms. The fourth-order valence-corrected chi connectivity index (χ4v) is 3.47. The van der Waals surface area contributed by atoms with Crippen molar-refractivity contribution in [3.8, 4) is 6.07 Å². The number of hydrogen-bond acceptors (Lipinski definition) is 4. The van der Waals surface area contributed by atoms with E-state index in [1.807, 2.05) is 61.5 Å². The third kappa shape index (κ3) is 5.04. The Balaban J connectivity index is 1.69. The highest BCUT2D eigenvalue weighted by Gasteiger charge is 2.12. The van der Waals surface area contributed by atoms with E-state index in [2.05, 4.69) is 10.3 Å². The second-order valence-corrected chi connectivity index (χ2v) is 7.45. The molecule has 1 heterocycles. The van der Waals surface area contributed by atoms with E-state index < -0.39 is 5.91 Å². The molecule has 0 spiro atoms. The van der Waals surface area contributed by atoms with Crippen LogP contribution in [0.25, 0.3) is 6.08 Å². The van der Waals surface area contributed by atoms with Crippen LogP contribution in [0.4, 0.5) is 5.13 Å². The second kappa shape index (κ2) is 8.63. The van der Waals surface area contributed by atoms with Gasteiger partial charge in [-0.3, -0.25) is 10.1 Å². The van der Waals surface area contributed by atoms with Gasteiger partial charge in [-0.1, -0.05) is 54.1 Å². The Morgan fingerprint density at radius 1 is 1.30 bits per heavy atom. The Hall–Kier alpha value is -2.94. The molecule has 4 nitrogen and oxygen atoms in total. The monoisotopic (exact) mass is 393 g/mol. The lowest BCUT2D eigenvalue weighted by atomic mass is 10.1. The number of amides is 1. The zero-order valence-corrected chi connectivity index (χ0v) is 16.1. The Morgan fingerprint density at radius 3 is 2.78 bits per heavy atom. The molecule has 0 radical (unpaired) electrons. The molecular formula is C21H16ClN3OS. The maximum atomic E-state index is 12.3. The lowest BCUT2D eigenvalue weighted by Gasteiger charge is -2.02. The molecule has 0 aliphatic rings. The molecule has 1 N–H and O–H groups in total. The fourth-order valence-electron chi connectivity index (χ4n) is 2.42. The van der Waals surface area contributed by atoms with Gasteiger partial charge in [-0.2, -0.15) is 5.26 Å². The van der Waals surface area contributed by atoms with Gasteiger partial charge >= 0.3 is 0 Å². The molecule has 0 aliphatic heterocycles. The second-order valence-electron chi connectivity index (χ2n) is 5.93. The van der Waals surface area contributed by atoms with Gasteiger partial charge in [0.15, 0.2) is 5.13 Å². The van der Waals surface area contributed by atoms with Gasteiger partial charge in [-0.05, 0) is 35.8 Å². The van der Waals surface area contributed by atoms with E-state index in [0.29, 0.717) is 11.6 Å². The molecule has 0 unspecified atom stereocenters. The maximum absolute atomic E-state index is 12.3. The first-order valence-corrected chi connectivity index (χ1v) is 9.42. The molecule has 0 fully saturated rings. The summed E-state index contributed by atoms with van der Waals surface area (Å²) in [4.78, 5) is 17.6. The Bertz CT molecular complexity index is 1040. The topological polar surface area (TPSA) is 65.8 Å². The number of carbonyl (C=O) groups excluding carboxylic acids is 1. The van der Waals surface area contributed by atoms with Crippen LogP contribution < -0.4 is 5.32 Å². The molecule has 0 bridgehead atoms. The average Bonchev–Trinajstić information content (AvgIpc) is 3.10. The zero-order chi connectivity index (χ0) is 19.2. The van der Waals surface area contributed by atoms with Gasteiger partial charge < -0.3 is 0 Å². The van der Waals surface area contributed by atoms with E-state index in [1.165, 1.54) is 11.3 Å². The van der Waals surface area contributed by atoms with Crippen LogP contribution in [-0.4, -0.2) is 10.9 Å². The zero-order valence-electron chi connectivity index (χ0n) is 14.6. The van der Waals surface area contributed by atoms with Crippen molar-refractivity contribution in [1.29, 1.82) is 5.26 Å². The van der Waals surface area contributed by atoms with Crippen LogP contribution in [0, 0.1) is 18.3 Å². The number of thiazole rings is 1. The molecule has 0 saturated carbocycles. The van der Waals surface area contributed by atoms with E-state index >= 15 is 0 Å². The number of anilines is 1. The van der Waals surface area contributed by atoms with Crippen molar-refractivity contribution in [1.82, 2.24) is 4.98 Å². The van der Waals surface area contributed by atoms with Crippen LogP contribution in [0.3, 0.4) is 0 Å². The van der Waals surface area contributed by atoms with E-state index in [1.54, 1.807) is 12.3 Å². The number of benzene rings is 2. The minimum atomic E-state index is -0.472. The maximum Gasteiger partial charge on any atom is 0.268 e. The van der Waals surface area contributed by atoms with Crippen molar-refractivity contribution in [3.05, 3.63) is 86.9 Å². The number of aryl methyl sites for hydroxylation is 1. The van der Waals surface area contributed by atoms with Crippen LogP contribution >= 0.6 is 22.9 Å². The van der Waals surface area contributed by atoms with Crippen LogP contribution in [0.2, 0.25) is 5.02 Å². The van der Waals surface area contributed by atoms with Gasteiger partial charge in [0.1, 0.15) is 11.6 Å². The molecule has 1 aromatic heterocycles. The van der Waals surface area contributed by atoms with Crippen LogP contribution in [0.5, 0.6) is 0 Å². The highest BCUT2D eigenvalue weighted by atomic mass is 35.5. The lowest BCUT2D eigenvalue weighted by Crippen LogP contribution is -2.13. The molecular weight excluding hydrogens is 378 g/mol. The van der Waals surface area contributed by atoms with Crippen molar-refractivity contribution in [2.75, 3.05) is 5.32 Å². The lowest BCUT2D eigenvalue weighted by molar-refractivity contribution is -0.112. The highest BCUT2D eigenvalue weighted by molar-refractivity contribution is 7.15. The van der Waals surface area contributed by atoms with Crippen LogP contribution in [0.15, 0.2) is 60.3 Å². The molecule has 3 aromatic rings. The smallest absolute Gasteiger partial charge is 0.268 e. The number of halogens is 1. The van der Waals surface area contributed by atoms with Crippen molar-refractivity contribution in [3.63, 3.8) is 0 Å². The summed E-state index contributed by atoms with van der Waals surface area (Å²) in [5, 5.41) is 13.2. The van der Waals surface area contributed by atoms with E-state index in [4.69, 9.17) is 11.6 Å². The molecule has 1 amide bonds. The number of rotatable bonds is 5. The average molecular weight is 394 g/mol. The normalized spacial score (nSPS) is 11.1. The summed E-state index contributed by atoms with van der Waals surface area (Å²) in [5.74, 6) is -0.472. The molecule has 2 aromatic carbocycles. The SMILES string of the molecule is Cc1ccc(Cc2cnc(NC(=O)/C(C#N)=C/c3ccccc3)s2)cc1Cl. The molecule has 0 saturated heterocycles. The highest BCUT2D eigenvalue weighted by Crippen LogP contribution is 2.24. The summed E-state index contributed by atoms with van der Waals surface area (Å²) in [6.45, 7) is 1.96. The molecule has 27 heavy (non-hydrogen) atoms. The van der Waals surface area contributed by atoms with E-state index in [-0.39, 0.29) is 5.57 Å². The van der Waals surface area contributed by atoms with Crippen LogP contribution in [0.1, 0.15) is 21.6 Å². The summed E-state index contributed by atoms with van der Waals surface area (Å²) in [7, 11) is 0. The fraction of sp³-hybridized carbons (Fsp3) is 0.0952. The predicted molar refractivity (Wildman–Crippen MR) is 110 cm³/mol. The van der Waals surface area contributed by atoms with Gasteiger partial charge in [0.2, 0.25) is 0 Å². The molecule has 0 atom stereocenters. The first-order chi connectivity index (χ1) is 13.0. The number of nitriles is 1. The third-order valence-corrected chi connectivity index (χ3v) is 5.18. The first kappa shape index (κ1) is 18.8. The summed E-state index contributed by atoms with van der Waals surface area (Å²) in [5.41, 5.74) is 2.93. The summed E-state index contributed by atoms with van der Waals surface area (Å²) in [6, 6.07) is 17.1. The largest absolute Gasteiger partial charge is 0.297 e. The van der Waals surface area contributed by atoms with Crippen molar-refractivity contribution in [2.45, 2.75) is 13.3 Å².